The predicted octanol–water partition coefficient (Wildman–Crippen LogP) is 2.26. The molecule has 0 unspecified atom stereocenters. The van der Waals surface area contributed by atoms with Crippen molar-refractivity contribution in [1.29, 1.82) is 0 Å². The van der Waals surface area contributed by atoms with Gasteiger partial charge in [-0.05, 0) is 12.3 Å². The van der Waals surface area contributed by atoms with Crippen molar-refractivity contribution < 1.29 is 0 Å². The second-order valence-corrected chi connectivity index (χ2v) is 2.10. The van der Waals surface area contributed by atoms with E-state index in [9.17, 15) is 0 Å². The van der Waals surface area contributed by atoms with Crippen LogP contribution in [0.5, 0.6) is 0 Å². The normalized spacial score (nSPS) is 11.4. The van der Waals surface area contributed by atoms with Crippen LogP contribution in [0, 0.1) is 5.92 Å². The van der Waals surface area contributed by atoms with E-state index in [1.165, 1.54) is 0 Å². The van der Waals surface area contributed by atoms with Gasteiger partial charge in [-0.1, -0.05) is 13.8 Å². The van der Waals surface area contributed by atoms with E-state index < -0.39 is 0 Å². The quantitative estimate of drug-likeness (QED) is 0.495. The maximum atomic E-state index is 5.02. The molecular formula is C5H10ClN. The van der Waals surface area contributed by atoms with Crippen LogP contribution in [0.3, 0.4) is 0 Å². The van der Waals surface area contributed by atoms with E-state index in [2.05, 4.69) is 18.4 Å². The molecule has 0 radical (unpaired) electrons. The third-order valence-electron chi connectivity index (χ3n) is 0.646. The molecule has 0 N–H and O–H groups in total. The van der Waals surface area contributed by atoms with Crippen molar-refractivity contribution in [1.82, 2.24) is 0 Å². The average molecular weight is 120 g/mol. The van der Waals surface area contributed by atoms with Crippen molar-refractivity contribution >= 4 is 18.0 Å². The fourth-order valence-electron chi connectivity index (χ4n) is 0.251. The van der Waals surface area contributed by atoms with Crippen LogP contribution in [-0.2, 0) is 0 Å². The molecule has 0 fully saturated rings. The van der Waals surface area contributed by atoms with Crippen molar-refractivity contribution in [2.45, 2.75) is 20.3 Å². The predicted molar refractivity (Wildman–Crippen MR) is 33.8 cm³/mol. The minimum atomic E-state index is 0.669. The Morgan fingerprint density at radius 2 is 2.29 bits per heavy atom. The van der Waals surface area contributed by atoms with Crippen molar-refractivity contribution in [3.05, 3.63) is 0 Å². The molecule has 0 heterocycles. The Bertz CT molecular complexity index is 59.1. The largest absolute Gasteiger partial charge is 0.191 e. The number of hydrogen-bond donors (Lipinski definition) is 0. The molecule has 0 aliphatic heterocycles. The summed E-state index contributed by atoms with van der Waals surface area (Å²) in [6.45, 7) is 4.25. The zero-order chi connectivity index (χ0) is 5.70. The Balaban J connectivity index is 2.97. The molecule has 42 valence electrons. The van der Waals surface area contributed by atoms with Crippen LogP contribution in [0.15, 0.2) is 4.51 Å². The fraction of sp³-hybridized carbons (Fsp3) is 0.800. The van der Waals surface area contributed by atoms with Crippen LogP contribution >= 0.6 is 11.8 Å². The first-order valence-corrected chi connectivity index (χ1v) is 2.74. The summed E-state index contributed by atoms with van der Waals surface area (Å²) in [5, 5.41) is 0. The van der Waals surface area contributed by atoms with Gasteiger partial charge in [-0.25, -0.2) is 0 Å². The molecule has 0 aliphatic rings. The van der Waals surface area contributed by atoms with E-state index in [1.54, 1.807) is 6.21 Å². The van der Waals surface area contributed by atoms with Gasteiger partial charge in [-0.15, -0.1) is 0 Å². The minimum Gasteiger partial charge on any atom is -0.191 e. The second-order valence-electron chi connectivity index (χ2n) is 1.91. The highest BCUT2D eigenvalue weighted by Crippen LogP contribution is 1.94. The Kier molecular flexibility index (Phi) is 4.10. The van der Waals surface area contributed by atoms with Gasteiger partial charge in [0.25, 0.3) is 0 Å². The maximum absolute atomic E-state index is 5.02. The number of rotatable bonds is 2. The van der Waals surface area contributed by atoms with E-state index in [4.69, 9.17) is 11.8 Å². The molecule has 0 rings (SSSR count). The number of nitrogens with zero attached hydrogens (tertiary/aromatic N) is 1. The molecule has 0 saturated heterocycles. The smallest absolute Gasteiger partial charge is 0.0361 e. The Morgan fingerprint density at radius 3 is 2.43 bits per heavy atom. The molecular weight excluding hydrogens is 110 g/mol. The lowest BCUT2D eigenvalue weighted by molar-refractivity contribution is 0.691. The molecule has 0 saturated carbocycles. The average Bonchev–Trinajstić information content (AvgIpc) is 1.61. The monoisotopic (exact) mass is 119 g/mol. The molecule has 7 heavy (non-hydrogen) atoms. The molecule has 0 aromatic rings. The zero-order valence-electron chi connectivity index (χ0n) is 4.69. The van der Waals surface area contributed by atoms with E-state index >= 15 is 0 Å². The summed E-state index contributed by atoms with van der Waals surface area (Å²) in [5.41, 5.74) is 0. The summed E-state index contributed by atoms with van der Waals surface area (Å²) in [6.07, 6.45) is 2.69. The third kappa shape index (κ3) is 5.96. The Hall–Kier alpha value is -0.0400. The summed E-state index contributed by atoms with van der Waals surface area (Å²) in [5.74, 6) is 0.669. The van der Waals surface area contributed by atoms with Crippen LogP contribution in [-0.4, -0.2) is 6.21 Å². The van der Waals surface area contributed by atoms with Gasteiger partial charge in [0.05, 0.1) is 0 Å². The van der Waals surface area contributed by atoms with Gasteiger partial charge in [0, 0.05) is 18.0 Å². The molecule has 0 atom stereocenters. The lowest BCUT2D eigenvalue weighted by Crippen LogP contribution is -1.84. The third-order valence-corrected chi connectivity index (χ3v) is 0.784. The first-order valence-electron chi connectivity index (χ1n) is 2.40. The topological polar surface area (TPSA) is 12.4 Å². The first-order chi connectivity index (χ1) is 3.27. The summed E-state index contributed by atoms with van der Waals surface area (Å²) in [6, 6.07) is 0. The molecule has 0 spiro atoms. The van der Waals surface area contributed by atoms with Crippen LogP contribution in [0.2, 0.25) is 0 Å². The summed E-state index contributed by atoms with van der Waals surface area (Å²) in [4.78, 5) is 0. The first kappa shape index (κ1) is 6.96. The highest BCUT2D eigenvalue weighted by Gasteiger charge is 1.85. The van der Waals surface area contributed by atoms with Crippen molar-refractivity contribution in [3.63, 3.8) is 0 Å². The van der Waals surface area contributed by atoms with Gasteiger partial charge in [0.1, 0.15) is 0 Å². The van der Waals surface area contributed by atoms with Crippen LogP contribution in [0.1, 0.15) is 20.3 Å². The molecule has 0 amide bonds. The summed E-state index contributed by atoms with van der Waals surface area (Å²) >= 11 is 5.02. The maximum Gasteiger partial charge on any atom is 0.0361 e. The highest BCUT2D eigenvalue weighted by molar-refractivity contribution is 6.17. The van der Waals surface area contributed by atoms with Crippen molar-refractivity contribution in [2.75, 3.05) is 0 Å². The van der Waals surface area contributed by atoms with Gasteiger partial charge in [0.2, 0.25) is 0 Å². The van der Waals surface area contributed by atoms with E-state index in [0.717, 1.165) is 6.42 Å². The van der Waals surface area contributed by atoms with E-state index in [0.29, 0.717) is 5.92 Å². The summed E-state index contributed by atoms with van der Waals surface area (Å²) in [7, 11) is 0. The van der Waals surface area contributed by atoms with Gasteiger partial charge in [0.15, 0.2) is 0 Å². The van der Waals surface area contributed by atoms with Crippen molar-refractivity contribution in [2.24, 2.45) is 10.4 Å². The van der Waals surface area contributed by atoms with Gasteiger partial charge >= 0.3 is 0 Å². The molecule has 0 aliphatic carbocycles. The number of hydrogen-bond acceptors (Lipinski definition) is 1. The summed E-state index contributed by atoms with van der Waals surface area (Å²) < 4.78 is 3.32. The van der Waals surface area contributed by atoms with E-state index in [-0.39, 0.29) is 0 Å². The fourth-order valence-corrected chi connectivity index (χ4v) is 0.330. The highest BCUT2D eigenvalue weighted by atomic mass is 35.5. The van der Waals surface area contributed by atoms with Crippen LogP contribution in [0.25, 0.3) is 0 Å². The second kappa shape index (κ2) is 4.13. The molecule has 2 heteroatoms. The van der Waals surface area contributed by atoms with Gasteiger partial charge in [-0.3, -0.25) is 0 Å². The molecule has 1 nitrogen and oxygen atoms in total. The number of halogens is 1. The lowest BCUT2D eigenvalue weighted by atomic mass is 10.2. The lowest BCUT2D eigenvalue weighted by Gasteiger charge is -1.92. The Labute approximate surface area is 49.5 Å². The van der Waals surface area contributed by atoms with Gasteiger partial charge < -0.3 is 0 Å². The standard InChI is InChI=1S/C5H10ClN/c1-5(2)3-4-7-6/h4-5H,3H2,1-2H3. The van der Waals surface area contributed by atoms with Crippen LogP contribution in [0.4, 0.5) is 0 Å². The molecule has 0 aromatic carbocycles. The van der Waals surface area contributed by atoms with Gasteiger partial charge in [-0.2, -0.15) is 4.51 Å². The molecule has 0 bridgehead atoms. The van der Waals surface area contributed by atoms with Crippen LogP contribution < -0.4 is 0 Å². The zero-order valence-corrected chi connectivity index (χ0v) is 5.44. The minimum absolute atomic E-state index is 0.669. The Morgan fingerprint density at radius 1 is 1.71 bits per heavy atom. The molecule has 0 aromatic heterocycles. The van der Waals surface area contributed by atoms with E-state index in [1.807, 2.05) is 0 Å². The van der Waals surface area contributed by atoms with Crippen molar-refractivity contribution in [3.8, 4) is 0 Å². The SMILES string of the molecule is CC(C)CC=NCl.